The summed E-state index contributed by atoms with van der Waals surface area (Å²) < 4.78 is 9.93. The second kappa shape index (κ2) is 5.41. The van der Waals surface area contributed by atoms with Crippen LogP contribution >= 0.6 is 0 Å². The van der Waals surface area contributed by atoms with Crippen molar-refractivity contribution in [3.05, 3.63) is 22.2 Å². The molecule has 3 rings (SSSR count). The summed E-state index contributed by atoms with van der Waals surface area (Å²) in [7, 11) is 0. The van der Waals surface area contributed by atoms with E-state index in [1.165, 1.54) is 6.07 Å². The summed E-state index contributed by atoms with van der Waals surface area (Å²) in [5.41, 5.74) is 1.16. The Bertz CT molecular complexity index is 621. The fraction of sp³-hybridized carbons (Fsp3) is 0.500. The van der Waals surface area contributed by atoms with Crippen molar-refractivity contribution in [1.82, 2.24) is 10.3 Å². The lowest BCUT2D eigenvalue weighted by Gasteiger charge is -2.09. The minimum absolute atomic E-state index is 0.101. The topological polar surface area (TPSA) is 103 Å². The molecule has 1 atom stereocenters. The lowest BCUT2D eigenvalue weighted by molar-refractivity contribution is -0.383. The van der Waals surface area contributed by atoms with E-state index in [2.05, 4.69) is 20.3 Å². The number of nitrogens with one attached hydrogen (secondary N) is 1. The number of anilines is 1. The standard InChI is InChI=1S/C12H14N4O4/c17-16(18)10-2-1-9(11-12(10)15-20-14-11)13-5-3-8-4-6-19-7-8/h1-2,8,13H,3-7H2. The summed E-state index contributed by atoms with van der Waals surface area (Å²) in [5.74, 6) is 0.575. The maximum atomic E-state index is 10.9. The van der Waals surface area contributed by atoms with Gasteiger partial charge in [-0.05, 0) is 35.1 Å². The maximum absolute atomic E-state index is 10.9. The van der Waals surface area contributed by atoms with Crippen LogP contribution in [0.5, 0.6) is 0 Å². The molecule has 0 radical (unpaired) electrons. The molecule has 0 bridgehead atoms. The first-order valence-corrected chi connectivity index (χ1v) is 6.47. The average Bonchev–Trinajstić information content (AvgIpc) is 3.09. The molecule has 20 heavy (non-hydrogen) atoms. The summed E-state index contributed by atoms with van der Waals surface area (Å²) in [6.07, 6.45) is 2.08. The molecule has 8 heteroatoms. The Morgan fingerprint density at radius 2 is 2.25 bits per heavy atom. The Labute approximate surface area is 114 Å². The highest BCUT2D eigenvalue weighted by atomic mass is 16.6. The van der Waals surface area contributed by atoms with Crippen LogP contribution in [0.25, 0.3) is 11.0 Å². The van der Waals surface area contributed by atoms with Gasteiger partial charge >= 0.3 is 5.69 Å². The van der Waals surface area contributed by atoms with E-state index in [1.54, 1.807) is 6.07 Å². The molecule has 1 unspecified atom stereocenters. The maximum Gasteiger partial charge on any atom is 0.300 e. The molecule has 1 aromatic heterocycles. The molecule has 1 fully saturated rings. The van der Waals surface area contributed by atoms with Crippen molar-refractivity contribution in [2.75, 3.05) is 25.1 Å². The number of hydrogen-bond donors (Lipinski definition) is 1. The van der Waals surface area contributed by atoms with E-state index in [4.69, 9.17) is 4.74 Å². The highest BCUT2D eigenvalue weighted by molar-refractivity contribution is 5.93. The van der Waals surface area contributed by atoms with Gasteiger partial charge in [0.15, 0.2) is 5.52 Å². The second-order valence-electron chi connectivity index (χ2n) is 4.80. The van der Waals surface area contributed by atoms with Gasteiger partial charge in [0.25, 0.3) is 0 Å². The highest BCUT2D eigenvalue weighted by Gasteiger charge is 2.20. The van der Waals surface area contributed by atoms with Crippen molar-refractivity contribution in [2.45, 2.75) is 12.8 Å². The summed E-state index contributed by atoms with van der Waals surface area (Å²) in [5, 5.41) is 21.4. The Morgan fingerprint density at radius 1 is 1.40 bits per heavy atom. The Balaban J connectivity index is 1.73. The van der Waals surface area contributed by atoms with Crippen molar-refractivity contribution < 1.29 is 14.3 Å². The molecule has 1 aromatic carbocycles. The number of nitro groups is 1. The third-order valence-corrected chi connectivity index (χ3v) is 3.48. The predicted octanol–water partition coefficient (Wildman–Crippen LogP) is 1.97. The lowest BCUT2D eigenvalue weighted by Crippen LogP contribution is -2.09. The number of rotatable bonds is 5. The van der Waals surface area contributed by atoms with Gasteiger partial charge in [-0.15, -0.1) is 0 Å². The first-order chi connectivity index (χ1) is 9.75. The van der Waals surface area contributed by atoms with Crippen LogP contribution < -0.4 is 5.32 Å². The number of nitrogens with zero attached hydrogens (tertiary/aromatic N) is 3. The molecule has 2 aromatic rings. The van der Waals surface area contributed by atoms with Gasteiger partial charge in [-0.1, -0.05) is 0 Å². The van der Waals surface area contributed by atoms with E-state index in [1.807, 2.05) is 0 Å². The lowest BCUT2D eigenvalue weighted by atomic mass is 10.1. The van der Waals surface area contributed by atoms with Crippen molar-refractivity contribution in [1.29, 1.82) is 0 Å². The van der Waals surface area contributed by atoms with E-state index in [9.17, 15) is 10.1 Å². The molecule has 1 aliphatic rings. The zero-order valence-corrected chi connectivity index (χ0v) is 10.7. The van der Waals surface area contributed by atoms with Gasteiger partial charge in [-0.2, -0.15) is 0 Å². The number of fused-ring (bicyclic) bond motifs is 1. The number of hydrogen-bond acceptors (Lipinski definition) is 7. The molecule has 1 saturated heterocycles. The molecular formula is C12H14N4O4. The van der Waals surface area contributed by atoms with E-state index >= 15 is 0 Å². The van der Waals surface area contributed by atoms with Crippen LogP contribution in [0.2, 0.25) is 0 Å². The van der Waals surface area contributed by atoms with Crippen LogP contribution in [-0.4, -0.2) is 35.0 Å². The van der Waals surface area contributed by atoms with Crippen LogP contribution in [0.3, 0.4) is 0 Å². The molecule has 1 N–H and O–H groups in total. The Morgan fingerprint density at radius 3 is 3.00 bits per heavy atom. The van der Waals surface area contributed by atoms with Gasteiger partial charge in [0.05, 0.1) is 10.6 Å². The first kappa shape index (κ1) is 12.8. The third-order valence-electron chi connectivity index (χ3n) is 3.48. The smallest absolute Gasteiger partial charge is 0.300 e. The van der Waals surface area contributed by atoms with Crippen LogP contribution in [0.4, 0.5) is 11.4 Å². The van der Waals surface area contributed by atoms with Gasteiger partial charge in [-0.25, -0.2) is 4.63 Å². The molecule has 0 spiro atoms. The molecule has 1 aliphatic heterocycles. The van der Waals surface area contributed by atoms with Crippen molar-refractivity contribution in [3.63, 3.8) is 0 Å². The van der Waals surface area contributed by atoms with Crippen molar-refractivity contribution >= 4 is 22.4 Å². The molecule has 0 aliphatic carbocycles. The quantitative estimate of drug-likeness (QED) is 0.658. The normalized spacial score (nSPS) is 18.5. The molecule has 106 valence electrons. The van der Waals surface area contributed by atoms with Crippen LogP contribution in [-0.2, 0) is 4.74 Å². The minimum atomic E-state index is -0.494. The van der Waals surface area contributed by atoms with Crippen LogP contribution in [0.1, 0.15) is 12.8 Å². The zero-order chi connectivity index (χ0) is 13.9. The molecular weight excluding hydrogens is 264 g/mol. The van der Waals surface area contributed by atoms with Gasteiger partial charge in [0, 0.05) is 25.8 Å². The first-order valence-electron chi connectivity index (χ1n) is 6.47. The van der Waals surface area contributed by atoms with E-state index in [-0.39, 0.29) is 11.2 Å². The average molecular weight is 278 g/mol. The fourth-order valence-corrected chi connectivity index (χ4v) is 2.37. The van der Waals surface area contributed by atoms with Crippen molar-refractivity contribution in [3.8, 4) is 0 Å². The summed E-state index contributed by atoms with van der Waals surface area (Å²) in [4.78, 5) is 10.4. The molecule has 8 nitrogen and oxygen atoms in total. The molecule has 0 saturated carbocycles. The van der Waals surface area contributed by atoms with Crippen LogP contribution in [0, 0.1) is 16.0 Å². The number of aromatic nitrogens is 2. The predicted molar refractivity (Wildman–Crippen MR) is 70.5 cm³/mol. The number of nitro benzene ring substituents is 1. The van der Waals surface area contributed by atoms with Crippen molar-refractivity contribution in [2.24, 2.45) is 5.92 Å². The Hall–Kier alpha value is -2.22. The molecule has 2 heterocycles. The largest absolute Gasteiger partial charge is 0.383 e. The number of benzene rings is 1. The van der Waals surface area contributed by atoms with E-state index in [0.717, 1.165) is 32.6 Å². The van der Waals surface area contributed by atoms with E-state index < -0.39 is 4.92 Å². The van der Waals surface area contributed by atoms with Gasteiger partial charge in [0.1, 0.15) is 0 Å². The molecule has 0 amide bonds. The number of non-ortho nitro benzene ring substituents is 1. The fourth-order valence-electron chi connectivity index (χ4n) is 2.37. The number of ether oxygens (including phenoxy) is 1. The zero-order valence-electron chi connectivity index (χ0n) is 10.7. The van der Waals surface area contributed by atoms with Gasteiger partial charge < -0.3 is 10.1 Å². The second-order valence-corrected chi connectivity index (χ2v) is 4.80. The third kappa shape index (κ3) is 2.42. The highest BCUT2D eigenvalue weighted by Crippen LogP contribution is 2.28. The summed E-state index contributed by atoms with van der Waals surface area (Å²) in [6.45, 7) is 2.40. The van der Waals surface area contributed by atoms with E-state index in [0.29, 0.717) is 17.1 Å². The van der Waals surface area contributed by atoms with Gasteiger partial charge in [0.2, 0.25) is 5.52 Å². The summed E-state index contributed by atoms with van der Waals surface area (Å²) in [6, 6.07) is 3.05. The SMILES string of the molecule is O=[N+]([O-])c1ccc(NCCC2CCOC2)c2nonc12. The Kier molecular flexibility index (Phi) is 3.46. The minimum Gasteiger partial charge on any atom is -0.383 e. The van der Waals surface area contributed by atoms with Gasteiger partial charge in [-0.3, -0.25) is 10.1 Å². The monoisotopic (exact) mass is 278 g/mol. The summed E-state index contributed by atoms with van der Waals surface area (Å²) >= 11 is 0. The van der Waals surface area contributed by atoms with Crippen LogP contribution in [0.15, 0.2) is 16.8 Å².